The van der Waals surface area contributed by atoms with Crippen LogP contribution in [0.15, 0.2) is 48.0 Å². The Labute approximate surface area is 156 Å². The second-order valence-electron chi connectivity index (χ2n) is 5.13. The number of hydrogen-bond acceptors (Lipinski definition) is 3. The maximum Gasteiger partial charge on any atom is 0.266 e. The molecular weight excluding hydrogens is 359 g/mol. The average Bonchev–Trinajstić information content (AvgIpc) is 2.60. The van der Waals surface area contributed by atoms with Crippen molar-refractivity contribution in [1.29, 1.82) is 5.26 Å². The van der Waals surface area contributed by atoms with E-state index in [9.17, 15) is 10.1 Å². The summed E-state index contributed by atoms with van der Waals surface area (Å²) in [6.07, 6.45) is 2.28. The van der Waals surface area contributed by atoms with Crippen LogP contribution in [0, 0.1) is 11.3 Å². The van der Waals surface area contributed by atoms with Crippen LogP contribution >= 0.6 is 23.2 Å². The van der Waals surface area contributed by atoms with Gasteiger partial charge in [-0.05, 0) is 42.8 Å². The fraction of sp³-hybridized carbons (Fsp3) is 0.158. The van der Waals surface area contributed by atoms with E-state index in [1.54, 1.807) is 42.5 Å². The maximum absolute atomic E-state index is 12.4. The minimum absolute atomic E-state index is 0.0801. The van der Waals surface area contributed by atoms with Crippen molar-refractivity contribution in [2.45, 2.75) is 13.3 Å². The summed E-state index contributed by atoms with van der Waals surface area (Å²) in [6.45, 7) is 2.51. The number of halogens is 2. The Morgan fingerprint density at radius 1 is 1.28 bits per heavy atom. The number of nitriles is 1. The van der Waals surface area contributed by atoms with Gasteiger partial charge in [0.2, 0.25) is 0 Å². The fourth-order valence-electron chi connectivity index (χ4n) is 2.03. The first kappa shape index (κ1) is 18.9. The van der Waals surface area contributed by atoms with Gasteiger partial charge in [-0.25, -0.2) is 0 Å². The summed E-state index contributed by atoms with van der Waals surface area (Å²) < 4.78 is 5.64. The molecule has 2 aromatic rings. The van der Waals surface area contributed by atoms with Gasteiger partial charge in [-0.3, -0.25) is 4.79 Å². The van der Waals surface area contributed by atoms with Crippen LogP contribution in [-0.4, -0.2) is 12.5 Å². The molecule has 1 amide bonds. The number of carbonyl (C=O) groups is 1. The largest absolute Gasteiger partial charge is 0.493 e. The van der Waals surface area contributed by atoms with Crippen LogP contribution < -0.4 is 10.1 Å². The molecule has 4 nitrogen and oxygen atoms in total. The second kappa shape index (κ2) is 9.12. The number of hydrogen-bond donors (Lipinski definition) is 1. The first-order valence-corrected chi connectivity index (χ1v) is 8.40. The van der Waals surface area contributed by atoms with Crippen LogP contribution in [0.4, 0.5) is 5.69 Å². The van der Waals surface area contributed by atoms with E-state index in [2.05, 4.69) is 5.32 Å². The molecule has 2 rings (SSSR count). The first-order valence-electron chi connectivity index (χ1n) is 7.65. The SMILES string of the molecule is CCCOc1ccc(Cl)cc1/C=C(\C#N)C(=O)Nc1ccccc1Cl. The zero-order valence-corrected chi connectivity index (χ0v) is 15.1. The van der Waals surface area contributed by atoms with Crippen molar-refractivity contribution in [3.8, 4) is 11.8 Å². The third-order valence-corrected chi connectivity index (χ3v) is 3.79. The van der Waals surface area contributed by atoms with E-state index < -0.39 is 5.91 Å². The van der Waals surface area contributed by atoms with Crippen molar-refractivity contribution >= 4 is 40.9 Å². The van der Waals surface area contributed by atoms with Gasteiger partial charge in [-0.1, -0.05) is 42.3 Å². The molecule has 2 aromatic carbocycles. The van der Waals surface area contributed by atoms with Crippen LogP contribution in [0.1, 0.15) is 18.9 Å². The quantitative estimate of drug-likeness (QED) is 0.549. The Morgan fingerprint density at radius 2 is 2.04 bits per heavy atom. The molecule has 0 unspecified atom stereocenters. The van der Waals surface area contributed by atoms with Gasteiger partial charge in [0.25, 0.3) is 5.91 Å². The smallest absolute Gasteiger partial charge is 0.266 e. The van der Waals surface area contributed by atoms with E-state index in [-0.39, 0.29) is 5.57 Å². The summed E-state index contributed by atoms with van der Waals surface area (Å²) in [4.78, 5) is 12.4. The topological polar surface area (TPSA) is 62.1 Å². The van der Waals surface area contributed by atoms with E-state index >= 15 is 0 Å². The molecule has 0 aliphatic rings. The summed E-state index contributed by atoms with van der Waals surface area (Å²) in [7, 11) is 0. The summed E-state index contributed by atoms with van der Waals surface area (Å²) in [5.74, 6) is 0.00144. The predicted octanol–water partition coefficient (Wildman–Crippen LogP) is 5.33. The number of nitrogens with zero attached hydrogens (tertiary/aromatic N) is 1. The number of para-hydroxylation sites is 1. The number of amides is 1. The number of nitrogens with one attached hydrogen (secondary N) is 1. The molecule has 0 atom stereocenters. The molecule has 0 saturated carbocycles. The highest BCUT2D eigenvalue weighted by atomic mass is 35.5. The maximum atomic E-state index is 12.4. The molecule has 0 aromatic heterocycles. The van der Waals surface area contributed by atoms with Gasteiger partial charge in [0, 0.05) is 10.6 Å². The highest BCUT2D eigenvalue weighted by molar-refractivity contribution is 6.34. The molecule has 0 radical (unpaired) electrons. The van der Waals surface area contributed by atoms with Crippen LogP contribution in [0.5, 0.6) is 5.75 Å². The van der Waals surface area contributed by atoms with Gasteiger partial charge >= 0.3 is 0 Å². The Kier molecular flexibility index (Phi) is 6.88. The number of rotatable bonds is 6. The molecule has 0 aliphatic heterocycles. The van der Waals surface area contributed by atoms with Gasteiger partial charge in [-0.2, -0.15) is 5.26 Å². The normalized spacial score (nSPS) is 10.9. The van der Waals surface area contributed by atoms with Gasteiger partial charge in [0.1, 0.15) is 17.4 Å². The Hall–Kier alpha value is -2.48. The number of anilines is 1. The van der Waals surface area contributed by atoms with E-state index in [1.165, 1.54) is 6.08 Å². The van der Waals surface area contributed by atoms with E-state index in [4.69, 9.17) is 27.9 Å². The molecular formula is C19H16Cl2N2O2. The Bertz CT molecular complexity index is 842. The second-order valence-corrected chi connectivity index (χ2v) is 5.98. The molecule has 0 saturated heterocycles. The summed E-state index contributed by atoms with van der Waals surface area (Å²) in [5.41, 5.74) is 0.916. The third kappa shape index (κ3) is 5.25. The van der Waals surface area contributed by atoms with Crippen molar-refractivity contribution < 1.29 is 9.53 Å². The first-order chi connectivity index (χ1) is 12.0. The monoisotopic (exact) mass is 374 g/mol. The minimum atomic E-state index is -0.558. The third-order valence-electron chi connectivity index (χ3n) is 3.22. The molecule has 0 aliphatic carbocycles. The van der Waals surface area contributed by atoms with Crippen molar-refractivity contribution in [2.75, 3.05) is 11.9 Å². The summed E-state index contributed by atoms with van der Waals surface area (Å²) in [5, 5.41) is 12.9. The fourth-order valence-corrected chi connectivity index (χ4v) is 2.40. The summed E-state index contributed by atoms with van der Waals surface area (Å²) in [6, 6.07) is 13.8. The standard InChI is InChI=1S/C19H16Cl2N2O2/c1-2-9-25-18-8-7-15(20)11-13(18)10-14(12-22)19(24)23-17-6-4-3-5-16(17)21/h3-8,10-11H,2,9H2,1H3,(H,23,24)/b14-10+. The number of carbonyl (C=O) groups excluding carboxylic acids is 1. The average molecular weight is 375 g/mol. The van der Waals surface area contributed by atoms with Crippen molar-refractivity contribution in [3.63, 3.8) is 0 Å². The van der Waals surface area contributed by atoms with Crippen LogP contribution in [-0.2, 0) is 4.79 Å². The highest BCUT2D eigenvalue weighted by Gasteiger charge is 2.13. The zero-order valence-electron chi connectivity index (χ0n) is 13.6. The molecule has 25 heavy (non-hydrogen) atoms. The lowest BCUT2D eigenvalue weighted by Crippen LogP contribution is -2.13. The number of ether oxygens (including phenoxy) is 1. The number of benzene rings is 2. The molecule has 128 valence electrons. The molecule has 1 N–H and O–H groups in total. The Balaban J connectivity index is 2.31. The van der Waals surface area contributed by atoms with Crippen molar-refractivity contribution in [3.05, 3.63) is 63.6 Å². The minimum Gasteiger partial charge on any atom is -0.493 e. The van der Waals surface area contributed by atoms with E-state index in [0.29, 0.717) is 33.7 Å². The Morgan fingerprint density at radius 3 is 2.72 bits per heavy atom. The van der Waals surface area contributed by atoms with Crippen LogP contribution in [0.25, 0.3) is 6.08 Å². The summed E-state index contributed by atoms with van der Waals surface area (Å²) >= 11 is 12.0. The van der Waals surface area contributed by atoms with Gasteiger partial charge in [0.05, 0.1) is 17.3 Å². The molecule has 0 bridgehead atoms. The van der Waals surface area contributed by atoms with Crippen molar-refractivity contribution in [1.82, 2.24) is 0 Å². The van der Waals surface area contributed by atoms with Crippen LogP contribution in [0.2, 0.25) is 10.0 Å². The highest BCUT2D eigenvalue weighted by Crippen LogP contribution is 2.26. The van der Waals surface area contributed by atoms with Crippen LogP contribution in [0.3, 0.4) is 0 Å². The lowest BCUT2D eigenvalue weighted by Gasteiger charge is -2.10. The molecule has 0 fully saturated rings. The lowest BCUT2D eigenvalue weighted by molar-refractivity contribution is -0.112. The van der Waals surface area contributed by atoms with E-state index in [0.717, 1.165) is 6.42 Å². The van der Waals surface area contributed by atoms with E-state index in [1.807, 2.05) is 13.0 Å². The molecule has 0 spiro atoms. The van der Waals surface area contributed by atoms with Gasteiger partial charge in [-0.15, -0.1) is 0 Å². The van der Waals surface area contributed by atoms with Gasteiger partial charge < -0.3 is 10.1 Å². The van der Waals surface area contributed by atoms with Gasteiger partial charge in [0.15, 0.2) is 0 Å². The predicted molar refractivity (Wildman–Crippen MR) is 101 cm³/mol. The zero-order chi connectivity index (χ0) is 18.2. The molecule has 6 heteroatoms. The molecule has 0 heterocycles. The lowest BCUT2D eigenvalue weighted by atomic mass is 10.1. The van der Waals surface area contributed by atoms with Crippen molar-refractivity contribution in [2.24, 2.45) is 0 Å².